The predicted molar refractivity (Wildman–Crippen MR) is 109 cm³/mol. The third-order valence-electron chi connectivity index (χ3n) is 4.39. The summed E-state index contributed by atoms with van der Waals surface area (Å²) in [4.78, 5) is 14.8. The molecule has 1 heterocycles. The minimum Gasteiger partial charge on any atom is -0.493 e. The Kier molecular flexibility index (Phi) is 6.66. The molecular formula is C22H23N3O3. The highest BCUT2D eigenvalue weighted by molar-refractivity contribution is 6.09. The van der Waals surface area contributed by atoms with E-state index in [4.69, 9.17) is 9.47 Å². The number of rotatable bonds is 6. The number of amides is 1. The Morgan fingerprint density at radius 3 is 2.61 bits per heavy atom. The standard InChI is InChI=1S/C22H23N3O3/c1-2-28-21-6-4-3-5-17(21)15-18(16-23)22(26)24-19-7-9-20(10-8-19)25-11-13-27-14-12-25/h3-10,15H,2,11-14H2,1H3,(H,24,26)/b18-15+. The van der Waals surface area contributed by atoms with Gasteiger partial charge < -0.3 is 19.7 Å². The second kappa shape index (κ2) is 9.58. The van der Waals surface area contributed by atoms with Crippen LogP contribution in [-0.4, -0.2) is 38.8 Å². The number of hydrogen-bond donors (Lipinski definition) is 1. The second-order valence-corrected chi connectivity index (χ2v) is 6.24. The third kappa shape index (κ3) is 4.90. The maximum atomic E-state index is 12.5. The molecule has 28 heavy (non-hydrogen) atoms. The van der Waals surface area contributed by atoms with Gasteiger partial charge in [0.25, 0.3) is 5.91 Å². The first-order valence-electron chi connectivity index (χ1n) is 9.29. The van der Waals surface area contributed by atoms with E-state index in [1.165, 1.54) is 0 Å². The van der Waals surface area contributed by atoms with Crippen LogP contribution in [0.15, 0.2) is 54.1 Å². The lowest BCUT2D eigenvalue weighted by Gasteiger charge is -2.28. The minimum absolute atomic E-state index is 0.0180. The van der Waals surface area contributed by atoms with Crippen LogP contribution in [0.25, 0.3) is 6.08 Å². The summed E-state index contributed by atoms with van der Waals surface area (Å²) in [6.45, 7) is 5.54. The number of hydrogen-bond acceptors (Lipinski definition) is 5. The Morgan fingerprint density at radius 1 is 1.21 bits per heavy atom. The highest BCUT2D eigenvalue weighted by Gasteiger charge is 2.13. The molecule has 0 aliphatic carbocycles. The summed E-state index contributed by atoms with van der Waals surface area (Å²) in [7, 11) is 0. The average Bonchev–Trinajstić information content (AvgIpc) is 2.74. The molecule has 144 valence electrons. The van der Waals surface area contributed by atoms with Gasteiger partial charge in [-0.3, -0.25) is 4.79 Å². The van der Waals surface area contributed by atoms with E-state index in [0.29, 0.717) is 23.6 Å². The summed E-state index contributed by atoms with van der Waals surface area (Å²) in [5.41, 5.74) is 2.44. The molecular weight excluding hydrogens is 354 g/mol. The van der Waals surface area contributed by atoms with Crippen molar-refractivity contribution in [1.29, 1.82) is 5.26 Å². The van der Waals surface area contributed by atoms with Crippen LogP contribution in [-0.2, 0) is 9.53 Å². The van der Waals surface area contributed by atoms with E-state index in [0.717, 1.165) is 32.0 Å². The van der Waals surface area contributed by atoms with Crippen molar-refractivity contribution in [3.8, 4) is 11.8 Å². The Labute approximate surface area is 165 Å². The number of anilines is 2. The van der Waals surface area contributed by atoms with Gasteiger partial charge >= 0.3 is 0 Å². The van der Waals surface area contributed by atoms with Gasteiger partial charge in [-0.15, -0.1) is 0 Å². The van der Waals surface area contributed by atoms with E-state index < -0.39 is 5.91 Å². The van der Waals surface area contributed by atoms with E-state index in [1.807, 2.05) is 61.5 Å². The molecule has 1 fully saturated rings. The number of carbonyl (C=O) groups excluding carboxylic acids is 1. The van der Waals surface area contributed by atoms with Gasteiger partial charge in [-0.2, -0.15) is 5.26 Å². The molecule has 1 amide bonds. The molecule has 0 bridgehead atoms. The summed E-state index contributed by atoms with van der Waals surface area (Å²) < 4.78 is 10.9. The summed E-state index contributed by atoms with van der Waals surface area (Å²) in [5.74, 6) is 0.188. The normalized spacial score (nSPS) is 14.3. The topological polar surface area (TPSA) is 74.6 Å². The van der Waals surface area contributed by atoms with Crippen molar-refractivity contribution in [3.05, 3.63) is 59.7 Å². The fraction of sp³-hybridized carbons (Fsp3) is 0.273. The lowest BCUT2D eigenvalue weighted by atomic mass is 10.1. The van der Waals surface area contributed by atoms with Gasteiger partial charge in [0.15, 0.2) is 0 Å². The largest absolute Gasteiger partial charge is 0.493 e. The molecule has 0 unspecified atom stereocenters. The molecule has 1 saturated heterocycles. The SMILES string of the molecule is CCOc1ccccc1/C=C(\C#N)C(=O)Nc1ccc(N2CCOCC2)cc1. The first-order valence-corrected chi connectivity index (χ1v) is 9.29. The molecule has 6 nitrogen and oxygen atoms in total. The van der Waals surface area contributed by atoms with Gasteiger partial charge in [-0.25, -0.2) is 0 Å². The smallest absolute Gasteiger partial charge is 0.266 e. The molecule has 0 aromatic heterocycles. The molecule has 1 N–H and O–H groups in total. The first kappa shape index (κ1) is 19.5. The molecule has 6 heteroatoms. The van der Waals surface area contributed by atoms with Gasteiger partial charge in [-0.1, -0.05) is 18.2 Å². The zero-order valence-electron chi connectivity index (χ0n) is 15.9. The molecule has 0 atom stereocenters. The van der Waals surface area contributed by atoms with E-state index in [2.05, 4.69) is 10.2 Å². The lowest BCUT2D eigenvalue weighted by Crippen LogP contribution is -2.36. The Hall–Kier alpha value is -3.30. The van der Waals surface area contributed by atoms with E-state index >= 15 is 0 Å². The number of benzene rings is 2. The summed E-state index contributed by atoms with van der Waals surface area (Å²) in [5, 5.41) is 12.2. The molecule has 2 aromatic rings. The third-order valence-corrected chi connectivity index (χ3v) is 4.39. The molecule has 0 spiro atoms. The maximum Gasteiger partial charge on any atom is 0.266 e. The zero-order valence-corrected chi connectivity index (χ0v) is 15.9. The van der Waals surface area contributed by atoms with Crippen molar-refractivity contribution in [2.24, 2.45) is 0 Å². The number of nitrogens with one attached hydrogen (secondary N) is 1. The van der Waals surface area contributed by atoms with Crippen molar-refractivity contribution in [2.75, 3.05) is 43.1 Å². The maximum absolute atomic E-state index is 12.5. The molecule has 1 aliphatic rings. The van der Waals surface area contributed by atoms with Crippen LogP contribution in [0.4, 0.5) is 11.4 Å². The van der Waals surface area contributed by atoms with Gasteiger partial charge in [0.05, 0.1) is 19.8 Å². The predicted octanol–water partition coefficient (Wildman–Crippen LogP) is 3.47. The fourth-order valence-electron chi connectivity index (χ4n) is 2.97. The molecule has 1 aliphatic heterocycles. The van der Waals surface area contributed by atoms with Gasteiger partial charge in [0.2, 0.25) is 0 Å². The van der Waals surface area contributed by atoms with Gasteiger partial charge in [-0.05, 0) is 43.3 Å². The Morgan fingerprint density at radius 2 is 1.93 bits per heavy atom. The molecule has 3 rings (SSSR count). The summed E-state index contributed by atoms with van der Waals surface area (Å²) >= 11 is 0. The minimum atomic E-state index is -0.451. The van der Waals surface area contributed by atoms with E-state index in [1.54, 1.807) is 6.08 Å². The molecule has 2 aromatic carbocycles. The number of nitriles is 1. The van der Waals surface area contributed by atoms with Crippen LogP contribution in [0.1, 0.15) is 12.5 Å². The van der Waals surface area contributed by atoms with Gasteiger partial charge in [0.1, 0.15) is 17.4 Å². The first-order chi connectivity index (χ1) is 13.7. The van der Waals surface area contributed by atoms with Crippen LogP contribution in [0.2, 0.25) is 0 Å². The number of morpholine rings is 1. The Balaban J connectivity index is 1.71. The number of carbonyl (C=O) groups is 1. The van der Waals surface area contributed by atoms with Crippen LogP contribution >= 0.6 is 0 Å². The van der Waals surface area contributed by atoms with Crippen molar-refractivity contribution in [2.45, 2.75) is 6.92 Å². The second-order valence-electron chi connectivity index (χ2n) is 6.24. The lowest BCUT2D eigenvalue weighted by molar-refractivity contribution is -0.112. The van der Waals surface area contributed by atoms with Crippen LogP contribution < -0.4 is 15.0 Å². The van der Waals surface area contributed by atoms with Crippen LogP contribution in [0.5, 0.6) is 5.75 Å². The molecule has 0 saturated carbocycles. The zero-order chi connectivity index (χ0) is 19.8. The number of ether oxygens (including phenoxy) is 2. The van der Waals surface area contributed by atoms with E-state index in [-0.39, 0.29) is 5.57 Å². The van der Waals surface area contributed by atoms with Crippen molar-refractivity contribution < 1.29 is 14.3 Å². The summed E-state index contributed by atoms with van der Waals surface area (Å²) in [6, 6.07) is 16.9. The fourth-order valence-corrected chi connectivity index (χ4v) is 2.97. The quantitative estimate of drug-likeness (QED) is 0.616. The summed E-state index contributed by atoms with van der Waals surface area (Å²) in [6.07, 6.45) is 1.54. The Bertz CT molecular complexity index is 879. The average molecular weight is 377 g/mol. The van der Waals surface area contributed by atoms with Crippen molar-refractivity contribution >= 4 is 23.4 Å². The van der Waals surface area contributed by atoms with Crippen molar-refractivity contribution in [1.82, 2.24) is 0 Å². The molecule has 0 radical (unpaired) electrons. The highest BCUT2D eigenvalue weighted by atomic mass is 16.5. The van der Waals surface area contributed by atoms with Gasteiger partial charge in [0, 0.05) is 30.0 Å². The highest BCUT2D eigenvalue weighted by Crippen LogP contribution is 2.22. The number of para-hydroxylation sites is 1. The monoisotopic (exact) mass is 377 g/mol. The van der Waals surface area contributed by atoms with E-state index in [9.17, 15) is 10.1 Å². The van der Waals surface area contributed by atoms with Crippen molar-refractivity contribution in [3.63, 3.8) is 0 Å². The van der Waals surface area contributed by atoms with Crippen LogP contribution in [0.3, 0.4) is 0 Å². The van der Waals surface area contributed by atoms with Crippen LogP contribution in [0, 0.1) is 11.3 Å². The number of nitrogens with zero attached hydrogens (tertiary/aromatic N) is 2.